The number of carbonyl (C=O) groups excluding carboxylic acids is 1. The molecule has 0 radical (unpaired) electrons. The number of hydrogen-bond acceptors (Lipinski definition) is 6. The van der Waals surface area contributed by atoms with Gasteiger partial charge in [0.15, 0.2) is 5.82 Å². The SMILES string of the molecule is Cc1ccc(C)c(-c2nc([C@@H]3CCCN3C(=O)c3ccc(C)cc3-n3nccn3)no2)c1. The van der Waals surface area contributed by atoms with Gasteiger partial charge in [-0.1, -0.05) is 28.9 Å². The van der Waals surface area contributed by atoms with Crippen LogP contribution in [0.15, 0.2) is 53.3 Å². The number of rotatable bonds is 4. The minimum atomic E-state index is -0.232. The molecular weight excluding hydrogens is 404 g/mol. The minimum absolute atomic E-state index is 0.0853. The summed E-state index contributed by atoms with van der Waals surface area (Å²) in [6.07, 6.45) is 4.87. The van der Waals surface area contributed by atoms with Gasteiger partial charge in [-0.05, 0) is 62.9 Å². The van der Waals surface area contributed by atoms with E-state index in [1.807, 2.05) is 56.0 Å². The number of amides is 1. The minimum Gasteiger partial charge on any atom is -0.334 e. The first-order chi connectivity index (χ1) is 15.5. The molecular formula is C24H24N6O2. The second-order valence-electron chi connectivity index (χ2n) is 8.27. The third-order valence-electron chi connectivity index (χ3n) is 5.89. The van der Waals surface area contributed by atoms with Crippen LogP contribution in [0.4, 0.5) is 0 Å². The molecule has 0 N–H and O–H groups in total. The molecule has 3 heterocycles. The second kappa shape index (κ2) is 8.03. The summed E-state index contributed by atoms with van der Waals surface area (Å²) < 4.78 is 5.61. The van der Waals surface area contributed by atoms with Crippen molar-refractivity contribution in [2.24, 2.45) is 0 Å². The molecule has 5 rings (SSSR count). The molecule has 0 aliphatic carbocycles. The molecule has 1 saturated heterocycles. The highest BCUT2D eigenvalue weighted by Crippen LogP contribution is 2.34. The largest absolute Gasteiger partial charge is 0.334 e. The summed E-state index contributed by atoms with van der Waals surface area (Å²) in [4.78, 5) is 21.6. The smallest absolute Gasteiger partial charge is 0.258 e. The van der Waals surface area contributed by atoms with Crippen LogP contribution in [0.1, 0.15) is 51.8 Å². The molecule has 1 aliphatic rings. The fourth-order valence-corrected chi connectivity index (χ4v) is 4.21. The van der Waals surface area contributed by atoms with Crippen LogP contribution in [0.3, 0.4) is 0 Å². The molecule has 1 aliphatic heterocycles. The Hall–Kier alpha value is -3.81. The van der Waals surface area contributed by atoms with Gasteiger partial charge in [0.05, 0.1) is 29.7 Å². The molecule has 2 aromatic heterocycles. The van der Waals surface area contributed by atoms with E-state index in [9.17, 15) is 4.79 Å². The molecule has 1 fully saturated rings. The molecule has 32 heavy (non-hydrogen) atoms. The van der Waals surface area contributed by atoms with Crippen molar-refractivity contribution >= 4 is 5.91 Å². The number of carbonyl (C=O) groups is 1. The lowest BCUT2D eigenvalue weighted by Crippen LogP contribution is -2.32. The molecule has 162 valence electrons. The normalized spacial score (nSPS) is 16.0. The van der Waals surface area contributed by atoms with Crippen LogP contribution in [0, 0.1) is 20.8 Å². The van der Waals surface area contributed by atoms with Crippen molar-refractivity contribution in [3.63, 3.8) is 0 Å². The molecule has 0 unspecified atom stereocenters. The van der Waals surface area contributed by atoms with Gasteiger partial charge in [0.25, 0.3) is 11.8 Å². The highest BCUT2D eigenvalue weighted by atomic mass is 16.5. The van der Waals surface area contributed by atoms with Crippen molar-refractivity contribution in [3.05, 3.63) is 76.9 Å². The fraction of sp³-hybridized carbons (Fsp3) is 0.292. The maximum absolute atomic E-state index is 13.6. The van der Waals surface area contributed by atoms with E-state index in [0.29, 0.717) is 29.5 Å². The van der Waals surface area contributed by atoms with Gasteiger partial charge >= 0.3 is 0 Å². The van der Waals surface area contributed by atoms with E-state index in [2.05, 4.69) is 26.4 Å². The molecule has 8 nitrogen and oxygen atoms in total. The Morgan fingerprint density at radius 3 is 2.59 bits per heavy atom. The first kappa shape index (κ1) is 20.1. The second-order valence-corrected chi connectivity index (χ2v) is 8.27. The van der Waals surface area contributed by atoms with E-state index in [1.165, 1.54) is 4.80 Å². The topological polar surface area (TPSA) is 89.9 Å². The van der Waals surface area contributed by atoms with Crippen molar-refractivity contribution in [3.8, 4) is 17.1 Å². The summed E-state index contributed by atoms with van der Waals surface area (Å²) in [5.74, 6) is 0.938. The Bertz CT molecular complexity index is 1280. The summed E-state index contributed by atoms with van der Waals surface area (Å²) in [6, 6.07) is 11.6. The van der Waals surface area contributed by atoms with Gasteiger partial charge in [-0.3, -0.25) is 4.79 Å². The van der Waals surface area contributed by atoms with Crippen molar-refractivity contribution in [1.29, 1.82) is 0 Å². The van der Waals surface area contributed by atoms with Crippen molar-refractivity contribution < 1.29 is 9.32 Å². The third kappa shape index (κ3) is 3.57. The highest BCUT2D eigenvalue weighted by molar-refractivity contribution is 5.98. The van der Waals surface area contributed by atoms with Crippen molar-refractivity contribution in [2.75, 3.05) is 6.54 Å². The third-order valence-corrected chi connectivity index (χ3v) is 5.89. The van der Waals surface area contributed by atoms with Crippen LogP contribution in [-0.2, 0) is 0 Å². The number of aryl methyl sites for hydroxylation is 3. The predicted octanol–water partition coefficient (Wildman–Crippen LogP) is 4.22. The highest BCUT2D eigenvalue weighted by Gasteiger charge is 2.35. The maximum atomic E-state index is 13.6. The van der Waals surface area contributed by atoms with Gasteiger partial charge in [-0.2, -0.15) is 20.0 Å². The Morgan fingerprint density at radius 2 is 1.78 bits per heavy atom. The van der Waals surface area contributed by atoms with E-state index in [4.69, 9.17) is 4.52 Å². The van der Waals surface area contributed by atoms with Gasteiger partial charge in [-0.25, -0.2) is 0 Å². The summed E-state index contributed by atoms with van der Waals surface area (Å²) in [7, 11) is 0. The Balaban J connectivity index is 1.47. The number of likely N-dealkylation sites (tertiary alicyclic amines) is 1. The molecule has 0 spiro atoms. The lowest BCUT2D eigenvalue weighted by atomic mass is 10.1. The zero-order valence-corrected chi connectivity index (χ0v) is 18.3. The number of aromatic nitrogens is 5. The van der Waals surface area contributed by atoms with E-state index < -0.39 is 0 Å². The molecule has 2 aromatic carbocycles. The van der Waals surface area contributed by atoms with Gasteiger partial charge in [-0.15, -0.1) is 0 Å². The molecule has 1 amide bonds. The first-order valence-electron chi connectivity index (χ1n) is 10.7. The van der Waals surface area contributed by atoms with Crippen LogP contribution < -0.4 is 0 Å². The van der Waals surface area contributed by atoms with Crippen LogP contribution in [0.2, 0.25) is 0 Å². The Morgan fingerprint density at radius 1 is 1.03 bits per heavy atom. The van der Waals surface area contributed by atoms with Crippen molar-refractivity contribution in [1.82, 2.24) is 30.0 Å². The average Bonchev–Trinajstić information content (AvgIpc) is 3.55. The van der Waals surface area contributed by atoms with Crippen LogP contribution >= 0.6 is 0 Å². The number of nitrogens with zero attached hydrogens (tertiary/aromatic N) is 6. The maximum Gasteiger partial charge on any atom is 0.258 e. The standard InChI is InChI=1S/C24H24N6O2/c1-15-6-8-17(3)19(13-15)23-27-22(28-32-23)20-5-4-12-29(20)24(31)18-9-7-16(2)14-21(18)30-25-10-11-26-30/h6-11,13-14,20H,4-5,12H2,1-3H3/t20-/m0/s1. The first-order valence-corrected chi connectivity index (χ1v) is 10.7. The van der Waals surface area contributed by atoms with Crippen LogP contribution in [-0.4, -0.2) is 42.5 Å². The van der Waals surface area contributed by atoms with Crippen LogP contribution in [0.25, 0.3) is 17.1 Å². The summed E-state index contributed by atoms with van der Waals surface area (Å²) in [5.41, 5.74) is 5.36. The number of hydrogen-bond donors (Lipinski definition) is 0. The Kier molecular flexibility index (Phi) is 5.05. The predicted molar refractivity (Wildman–Crippen MR) is 118 cm³/mol. The summed E-state index contributed by atoms with van der Waals surface area (Å²) in [5, 5.41) is 12.7. The monoisotopic (exact) mass is 428 g/mol. The molecule has 0 bridgehead atoms. The van der Waals surface area contributed by atoms with E-state index in [-0.39, 0.29) is 11.9 Å². The van der Waals surface area contributed by atoms with E-state index in [1.54, 1.807) is 12.4 Å². The quantitative estimate of drug-likeness (QED) is 0.483. The Labute approximate surface area is 185 Å². The molecule has 0 saturated carbocycles. The average molecular weight is 428 g/mol. The zero-order valence-electron chi connectivity index (χ0n) is 18.3. The van der Waals surface area contributed by atoms with Crippen molar-refractivity contribution in [2.45, 2.75) is 39.7 Å². The molecule has 8 heteroatoms. The van der Waals surface area contributed by atoms with Gasteiger partial charge < -0.3 is 9.42 Å². The summed E-state index contributed by atoms with van der Waals surface area (Å²) >= 11 is 0. The molecule has 1 atom stereocenters. The molecule has 4 aromatic rings. The van der Waals surface area contributed by atoms with E-state index in [0.717, 1.165) is 35.1 Å². The summed E-state index contributed by atoms with van der Waals surface area (Å²) in [6.45, 7) is 6.67. The number of benzene rings is 2. The lowest BCUT2D eigenvalue weighted by molar-refractivity contribution is 0.0728. The fourth-order valence-electron chi connectivity index (χ4n) is 4.21. The lowest BCUT2D eigenvalue weighted by Gasteiger charge is -2.23. The zero-order chi connectivity index (χ0) is 22.2. The van der Waals surface area contributed by atoms with Crippen LogP contribution in [0.5, 0.6) is 0 Å². The van der Waals surface area contributed by atoms with Gasteiger partial charge in [0, 0.05) is 12.1 Å². The van der Waals surface area contributed by atoms with E-state index >= 15 is 0 Å². The van der Waals surface area contributed by atoms with Gasteiger partial charge in [0.2, 0.25) is 0 Å². The van der Waals surface area contributed by atoms with Gasteiger partial charge in [0.1, 0.15) is 0 Å².